The average molecular weight is 628 g/mol. The highest BCUT2D eigenvalue weighted by molar-refractivity contribution is 7.17. The Bertz CT molecular complexity index is 1810. The first-order valence-corrected chi connectivity index (χ1v) is 16.8. The summed E-state index contributed by atoms with van der Waals surface area (Å²) in [5.74, 6) is 1.98. The van der Waals surface area contributed by atoms with Crippen LogP contribution in [0.4, 0.5) is 32.8 Å². The molecule has 4 aromatic rings. The third-order valence-electron chi connectivity index (χ3n) is 8.43. The molecule has 8 rings (SSSR count). The van der Waals surface area contributed by atoms with Gasteiger partial charge in [0.05, 0.1) is 33.9 Å². The molecule has 0 saturated carbocycles. The molecule has 0 spiro atoms. The molecule has 0 amide bonds. The fourth-order valence-corrected chi connectivity index (χ4v) is 7.63. The van der Waals surface area contributed by atoms with Gasteiger partial charge < -0.3 is 30.2 Å². The number of piperazine rings is 2. The van der Waals surface area contributed by atoms with E-state index in [-0.39, 0.29) is 0 Å². The molecule has 4 aliphatic heterocycles. The van der Waals surface area contributed by atoms with Crippen molar-refractivity contribution in [3.05, 3.63) is 81.5 Å². The lowest BCUT2D eigenvalue weighted by Gasteiger charge is -2.34. The maximum absolute atomic E-state index is 7.75. The molecule has 6 heterocycles. The van der Waals surface area contributed by atoms with E-state index in [0.717, 1.165) is 97.3 Å². The number of para-hydroxylation sites is 4. The number of thiophene rings is 2. The minimum Gasteiger partial charge on any atom is -0.353 e. The zero-order valence-electron chi connectivity index (χ0n) is 28.4. The molecule has 10 heteroatoms. The largest absolute Gasteiger partial charge is 0.353 e. The van der Waals surface area contributed by atoms with Gasteiger partial charge in [-0.25, -0.2) is 9.98 Å². The highest BCUT2D eigenvalue weighted by Crippen LogP contribution is 2.40. The summed E-state index contributed by atoms with van der Waals surface area (Å²) < 4.78 is 23.2. The van der Waals surface area contributed by atoms with Gasteiger partial charge in [0.25, 0.3) is 0 Å². The third-order valence-corrected chi connectivity index (χ3v) is 10.3. The summed E-state index contributed by atoms with van der Waals surface area (Å²) in [5, 5.41) is 9.02. The topological polar surface area (TPSA) is 61.7 Å². The molecule has 0 bridgehead atoms. The zero-order chi connectivity index (χ0) is 32.7. The van der Waals surface area contributed by atoms with Crippen molar-refractivity contribution in [1.29, 1.82) is 0 Å². The number of hydrogen-bond acceptors (Lipinski definition) is 10. The van der Waals surface area contributed by atoms with Crippen LogP contribution in [0.15, 0.2) is 70.6 Å². The monoisotopic (exact) mass is 627 g/mol. The number of fused-ring (bicyclic) bond motifs is 4. The number of nitrogens with zero attached hydrogens (tertiary/aromatic N) is 6. The standard InChI is InChI=1S/2C17H20N4S/c2*1-12-11-13-16(21-9-7-20(2)8-10-21)18-14-5-3-4-6-15(14)19-17(13)22-12/h2*3-6,11,19H,7-10H2,1-2H3/i1D3;. The van der Waals surface area contributed by atoms with Crippen LogP contribution in [0.2, 0.25) is 0 Å². The fourth-order valence-electron chi connectivity index (χ4n) is 5.89. The van der Waals surface area contributed by atoms with Gasteiger partial charge in [0.2, 0.25) is 0 Å². The lowest BCUT2D eigenvalue weighted by Crippen LogP contribution is -2.47. The fraction of sp³-hybridized carbons (Fsp3) is 0.353. The first-order valence-electron chi connectivity index (χ1n) is 16.6. The second kappa shape index (κ2) is 12.4. The van der Waals surface area contributed by atoms with E-state index >= 15 is 0 Å². The van der Waals surface area contributed by atoms with Crippen molar-refractivity contribution in [3.8, 4) is 0 Å². The van der Waals surface area contributed by atoms with Gasteiger partial charge in [-0.3, -0.25) is 0 Å². The van der Waals surface area contributed by atoms with Crippen molar-refractivity contribution in [2.75, 3.05) is 77.1 Å². The first kappa shape index (κ1) is 25.6. The second-order valence-electron chi connectivity index (χ2n) is 11.7. The van der Waals surface area contributed by atoms with Gasteiger partial charge in [-0.2, -0.15) is 0 Å². The summed E-state index contributed by atoms with van der Waals surface area (Å²) in [4.78, 5) is 21.0. The van der Waals surface area contributed by atoms with Crippen LogP contribution in [0.1, 0.15) is 25.0 Å². The number of amidine groups is 2. The molecule has 8 nitrogen and oxygen atoms in total. The maximum Gasteiger partial charge on any atom is 0.139 e. The third kappa shape index (κ3) is 5.99. The van der Waals surface area contributed by atoms with E-state index < -0.39 is 6.85 Å². The van der Waals surface area contributed by atoms with Crippen LogP contribution in [-0.4, -0.2) is 97.7 Å². The Morgan fingerprint density at radius 3 is 1.55 bits per heavy atom. The van der Waals surface area contributed by atoms with E-state index in [1.807, 2.05) is 24.3 Å². The summed E-state index contributed by atoms with van der Waals surface area (Å²) in [6.45, 7) is 8.02. The van der Waals surface area contributed by atoms with Crippen LogP contribution < -0.4 is 10.6 Å². The van der Waals surface area contributed by atoms with Crippen molar-refractivity contribution in [3.63, 3.8) is 0 Å². The number of nitrogens with one attached hydrogen (secondary N) is 2. The highest BCUT2D eigenvalue weighted by Gasteiger charge is 2.27. The average Bonchev–Trinajstić information content (AvgIpc) is 3.56. The number of benzene rings is 2. The summed E-state index contributed by atoms with van der Waals surface area (Å²) >= 11 is 3.10. The predicted molar refractivity (Wildman–Crippen MR) is 188 cm³/mol. The molecule has 4 aliphatic rings. The van der Waals surface area contributed by atoms with Gasteiger partial charge in [0.15, 0.2) is 0 Å². The molecular weight excluding hydrogens is 585 g/mol. The summed E-state index contributed by atoms with van der Waals surface area (Å²) in [5.41, 5.74) is 6.04. The van der Waals surface area contributed by atoms with Crippen LogP contribution in [0, 0.1) is 13.8 Å². The Balaban J connectivity index is 0.000000151. The Morgan fingerprint density at radius 2 is 1.07 bits per heavy atom. The second-order valence-corrected chi connectivity index (χ2v) is 14.0. The number of aryl methyl sites for hydroxylation is 2. The van der Waals surface area contributed by atoms with Crippen LogP contribution in [0.25, 0.3) is 0 Å². The van der Waals surface area contributed by atoms with Crippen LogP contribution in [-0.2, 0) is 0 Å². The molecule has 2 N–H and O–H groups in total. The van der Waals surface area contributed by atoms with Crippen molar-refractivity contribution in [2.24, 2.45) is 9.98 Å². The Labute approximate surface area is 272 Å². The molecule has 2 fully saturated rings. The van der Waals surface area contributed by atoms with Gasteiger partial charge in [-0.1, -0.05) is 24.3 Å². The minimum atomic E-state index is -2.11. The SMILES string of the molecule is Cc1cc2c(s1)Nc1ccccc1N=C2N1CCN(C)CC1.[2H]C([2H])([2H])c1cc2c(s1)Nc1ccccc1N=C2N1CCN(C)CC1. The molecular formula is C34H40N8S2. The van der Waals surface area contributed by atoms with E-state index in [0.29, 0.717) is 4.88 Å². The molecule has 2 saturated heterocycles. The summed E-state index contributed by atoms with van der Waals surface area (Å²) in [6.07, 6.45) is 0. The summed E-state index contributed by atoms with van der Waals surface area (Å²) in [6, 6.07) is 20.2. The number of rotatable bonds is 0. The summed E-state index contributed by atoms with van der Waals surface area (Å²) in [7, 11) is 4.30. The van der Waals surface area contributed by atoms with Gasteiger partial charge >= 0.3 is 0 Å². The molecule has 0 radical (unpaired) electrons. The van der Waals surface area contributed by atoms with E-state index in [4.69, 9.17) is 14.1 Å². The Morgan fingerprint density at radius 1 is 0.636 bits per heavy atom. The quantitative estimate of drug-likeness (QED) is 0.222. The van der Waals surface area contributed by atoms with Crippen LogP contribution >= 0.6 is 22.7 Å². The Hall–Kier alpha value is -3.70. The molecule has 0 unspecified atom stereocenters. The van der Waals surface area contributed by atoms with Crippen molar-refractivity contribution in [1.82, 2.24) is 19.6 Å². The number of anilines is 4. The molecule has 0 atom stereocenters. The number of aliphatic imine (C=N–C) groups is 2. The molecule has 2 aromatic carbocycles. The smallest absolute Gasteiger partial charge is 0.139 e. The van der Waals surface area contributed by atoms with Gasteiger partial charge in [-0.05, 0) is 64.3 Å². The van der Waals surface area contributed by atoms with E-state index in [9.17, 15) is 0 Å². The molecule has 44 heavy (non-hydrogen) atoms. The van der Waals surface area contributed by atoms with Gasteiger partial charge in [0.1, 0.15) is 21.7 Å². The van der Waals surface area contributed by atoms with Gasteiger partial charge in [0, 0.05) is 66.2 Å². The lowest BCUT2D eigenvalue weighted by molar-refractivity contribution is 0.216. The molecule has 0 aliphatic carbocycles. The van der Waals surface area contributed by atoms with E-state index in [1.165, 1.54) is 26.8 Å². The van der Waals surface area contributed by atoms with Crippen LogP contribution in [0.5, 0.6) is 0 Å². The van der Waals surface area contributed by atoms with E-state index in [1.54, 1.807) is 17.4 Å². The number of hydrogen-bond donors (Lipinski definition) is 2. The van der Waals surface area contributed by atoms with Crippen LogP contribution in [0.3, 0.4) is 0 Å². The molecule has 2 aromatic heterocycles. The van der Waals surface area contributed by atoms with E-state index in [2.05, 4.69) is 81.6 Å². The predicted octanol–water partition coefficient (Wildman–Crippen LogP) is 6.88. The lowest BCUT2D eigenvalue weighted by atomic mass is 10.2. The molecule has 228 valence electrons. The van der Waals surface area contributed by atoms with Crippen molar-refractivity contribution in [2.45, 2.75) is 13.8 Å². The first-order chi connectivity index (χ1) is 22.6. The minimum absolute atomic E-state index is 0.395. The zero-order valence-corrected chi connectivity index (χ0v) is 27.1. The highest BCUT2D eigenvalue weighted by atomic mass is 32.1. The normalized spacial score (nSPS) is 19.4. The Kier molecular flexibility index (Phi) is 7.19. The van der Waals surface area contributed by atoms with Gasteiger partial charge in [-0.15, -0.1) is 22.7 Å². The van der Waals surface area contributed by atoms with Crippen molar-refractivity contribution >= 4 is 67.1 Å². The maximum atomic E-state index is 7.75. The number of likely N-dealkylation sites (N-methyl/N-ethyl adjacent to an activating group) is 2. The van der Waals surface area contributed by atoms with Crippen molar-refractivity contribution < 1.29 is 4.11 Å².